The molecule has 6 rings (SSSR count). The average Bonchev–Trinajstić information content (AvgIpc) is 3.65. The summed E-state index contributed by atoms with van der Waals surface area (Å²) < 4.78 is 39.9. The van der Waals surface area contributed by atoms with Gasteiger partial charge in [0.15, 0.2) is 11.6 Å². The number of fused-ring (bicyclic) bond motifs is 5. The van der Waals surface area contributed by atoms with Crippen LogP contribution >= 0.6 is 0 Å². The maximum atomic E-state index is 14.0. The van der Waals surface area contributed by atoms with Crippen LogP contribution in [0.4, 0.5) is 8.78 Å². The number of nitrogens with zero attached hydrogens (tertiary/aromatic N) is 1. The van der Waals surface area contributed by atoms with E-state index in [0.29, 0.717) is 61.6 Å². The van der Waals surface area contributed by atoms with Gasteiger partial charge in [-0.1, -0.05) is 25.0 Å². The van der Waals surface area contributed by atoms with E-state index in [1.807, 2.05) is 23.1 Å². The molecule has 8 nitrogen and oxygen atoms in total. The van der Waals surface area contributed by atoms with Crippen molar-refractivity contribution >= 4 is 11.8 Å². The first-order valence-corrected chi connectivity index (χ1v) is 15.2. The number of hydrogen-bond acceptors (Lipinski definition) is 6. The number of benzene rings is 2. The van der Waals surface area contributed by atoms with Gasteiger partial charge < -0.3 is 25.2 Å². The number of halogens is 2. The van der Waals surface area contributed by atoms with Gasteiger partial charge in [-0.3, -0.25) is 14.5 Å². The molecule has 0 unspecified atom stereocenters. The molecule has 10 heteroatoms. The van der Waals surface area contributed by atoms with Crippen LogP contribution in [0.3, 0.4) is 0 Å². The number of likely N-dealkylation sites (tertiary alicyclic amines) is 1. The van der Waals surface area contributed by atoms with Gasteiger partial charge in [0, 0.05) is 32.1 Å². The Morgan fingerprint density at radius 3 is 2.62 bits per heavy atom. The minimum Gasteiger partial charge on any atom is -0.493 e. The van der Waals surface area contributed by atoms with Crippen LogP contribution in [0, 0.1) is 11.6 Å². The average molecular weight is 584 g/mol. The number of aliphatic hydroxyl groups excluding tert-OH is 1. The fourth-order valence-electron chi connectivity index (χ4n) is 6.91. The number of ether oxygens (including phenoxy) is 2. The first-order valence-electron chi connectivity index (χ1n) is 15.2. The van der Waals surface area contributed by atoms with E-state index in [1.54, 1.807) is 0 Å². The number of carbonyl (C=O) groups is 2. The molecule has 42 heavy (non-hydrogen) atoms. The van der Waals surface area contributed by atoms with Crippen LogP contribution in [-0.4, -0.2) is 71.9 Å². The number of hydrogen-bond donors (Lipinski definition) is 3. The monoisotopic (exact) mass is 583 g/mol. The van der Waals surface area contributed by atoms with E-state index >= 15 is 0 Å². The second-order valence-corrected chi connectivity index (χ2v) is 12.2. The summed E-state index contributed by atoms with van der Waals surface area (Å²) in [6.45, 7) is 1.07. The van der Waals surface area contributed by atoms with Crippen LogP contribution < -0.4 is 15.4 Å². The molecule has 3 N–H and O–H groups in total. The molecule has 2 saturated heterocycles. The third-order valence-corrected chi connectivity index (χ3v) is 9.24. The second-order valence-electron chi connectivity index (χ2n) is 12.2. The molecule has 226 valence electrons. The molecule has 3 fully saturated rings. The van der Waals surface area contributed by atoms with Crippen molar-refractivity contribution in [2.75, 3.05) is 19.7 Å². The lowest BCUT2D eigenvalue weighted by molar-refractivity contribution is -0.133. The summed E-state index contributed by atoms with van der Waals surface area (Å²) in [5.41, 5.74) is 2.15. The predicted molar refractivity (Wildman–Crippen MR) is 151 cm³/mol. The van der Waals surface area contributed by atoms with E-state index in [-0.39, 0.29) is 37.0 Å². The van der Waals surface area contributed by atoms with E-state index < -0.39 is 29.9 Å². The predicted octanol–water partition coefficient (Wildman–Crippen LogP) is 3.80. The zero-order chi connectivity index (χ0) is 29.2. The number of rotatable bonds is 3. The van der Waals surface area contributed by atoms with Crippen molar-refractivity contribution in [2.24, 2.45) is 0 Å². The minimum absolute atomic E-state index is 0.140. The number of nitrogens with one attached hydrogen (secondary N) is 2. The lowest BCUT2D eigenvalue weighted by Gasteiger charge is -2.34. The topological polar surface area (TPSA) is 100 Å². The molecule has 2 aromatic rings. The van der Waals surface area contributed by atoms with E-state index in [2.05, 4.69) is 10.6 Å². The molecule has 0 spiro atoms. The van der Waals surface area contributed by atoms with Gasteiger partial charge in [-0.25, -0.2) is 8.78 Å². The van der Waals surface area contributed by atoms with Crippen molar-refractivity contribution in [3.63, 3.8) is 0 Å². The van der Waals surface area contributed by atoms with Gasteiger partial charge in [0.2, 0.25) is 5.91 Å². The molecule has 0 radical (unpaired) electrons. The highest BCUT2D eigenvalue weighted by Crippen LogP contribution is 2.37. The normalized spacial score (nSPS) is 29.5. The Morgan fingerprint density at radius 2 is 1.81 bits per heavy atom. The summed E-state index contributed by atoms with van der Waals surface area (Å²) in [7, 11) is 0. The van der Waals surface area contributed by atoms with E-state index in [9.17, 15) is 23.5 Å². The van der Waals surface area contributed by atoms with Gasteiger partial charge in [0.1, 0.15) is 11.9 Å². The first kappa shape index (κ1) is 29.0. The molecule has 3 aliphatic heterocycles. The quantitative estimate of drug-likeness (QED) is 0.509. The molecule has 2 aromatic carbocycles. The molecule has 2 amide bonds. The third-order valence-electron chi connectivity index (χ3n) is 9.24. The number of aliphatic hydroxyl groups is 1. The molecule has 1 saturated carbocycles. The van der Waals surface area contributed by atoms with Gasteiger partial charge >= 0.3 is 0 Å². The zero-order valence-corrected chi connectivity index (χ0v) is 23.7. The molecule has 3 heterocycles. The van der Waals surface area contributed by atoms with E-state index in [0.717, 1.165) is 25.0 Å². The third kappa shape index (κ3) is 6.45. The van der Waals surface area contributed by atoms with Gasteiger partial charge in [-0.2, -0.15) is 0 Å². The molecule has 5 atom stereocenters. The molecule has 1 aliphatic carbocycles. The molecule has 4 bridgehead atoms. The molecular weight excluding hydrogens is 544 g/mol. The number of amides is 2. The number of carbonyl (C=O) groups excluding carboxylic acids is 2. The van der Waals surface area contributed by atoms with Gasteiger partial charge in [-0.15, -0.1) is 0 Å². The van der Waals surface area contributed by atoms with Crippen molar-refractivity contribution in [1.82, 2.24) is 15.5 Å². The van der Waals surface area contributed by atoms with Crippen LogP contribution in [0.5, 0.6) is 5.75 Å². The highest BCUT2D eigenvalue weighted by atomic mass is 19.2. The first-order chi connectivity index (χ1) is 20.3. The van der Waals surface area contributed by atoms with Crippen molar-refractivity contribution in [1.29, 1.82) is 0 Å². The zero-order valence-electron chi connectivity index (χ0n) is 23.7. The highest BCUT2D eigenvalue weighted by molar-refractivity contribution is 5.97. The summed E-state index contributed by atoms with van der Waals surface area (Å²) in [5, 5.41) is 16.6. The second kappa shape index (κ2) is 12.7. The summed E-state index contributed by atoms with van der Waals surface area (Å²) in [6.07, 6.45) is 5.46. The Labute approximate surface area is 244 Å². The Kier molecular flexibility index (Phi) is 8.74. The maximum Gasteiger partial charge on any atom is 0.255 e. The van der Waals surface area contributed by atoms with Gasteiger partial charge in [0.25, 0.3) is 5.91 Å². The largest absolute Gasteiger partial charge is 0.493 e. The van der Waals surface area contributed by atoms with Crippen molar-refractivity contribution < 1.29 is 33.0 Å². The van der Waals surface area contributed by atoms with E-state index in [4.69, 9.17) is 9.47 Å². The van der Waals surface area contributed by atoms with Crippen LogP contribution in [0.15, 0.2) is 36.4 Å². The summed E-state index contributed by atoms with van der Waals surface area (Å²) in [5.74, 6) is -1.41. The minimum atomic E-state index is -0.949. The Balaban J connectivity index is 1.27. The smallest absolute Gasteiger partial charge is 0.255 e. The highest BCUT2D eigenvalue weighted by Gasteiger charge is 2.39. The fraction of sp³-hybridized carbons (Fsp3) is 0.562. The molecule has 0 aromatic heterocycles. The lowest BCUT2D eigenvalue weighted by atomic mass is 9.95. The van der Waals surface area contributed by atoms with Gasteiger partial charge in [0.05, 0.1) is 30.4 Å². The standard InChI is InChI=1S/C32H39F2N3O5/c33-25-9-5-19(13-26(25)34)17-37-18-22-15-27(37)32(40)35-16-30-28(38)10-7-23(42-30)11-12-41-29-14-21(20-3-1-2-4-20)6-8-24(29)31(39)36-22/h5-6,8-9,13-14,20,22-23,27-28,30,38H,1-4,7,10-12,15-18H2,(H,35,40)(H,36,39)/t22-,23-,27-,28-,30+/m0/s1. The van der Waals surface area contributed by atoms with Crippen molar-refractivity contribution in [2.45, 2.75) is 94.2 Å². The maximum absolute atomic E-state index is 14.0. The SMILES string of the molecule is O=C1N[C@H]2C[C@@H](C(=O)NC[C@H]3O[C@H](CCOc4cc(C5CCCC5)ccc41)CC[C@@H]3O)N(Cc1ccc(F)c(F)c1)C2. The Bertz CT molecular complexity index is 1300. The van der Waals surface area contributed by atoms with Crippen LogP contribution in [0.2, 0.25) is 0 Å². The van der Waals surface area contributed by atoms with Crippen LogP contribution in [0.25, 0.3) is 0 Å². The van der Waals surface area contributed by atoms with Gasteiger partial charge in [-0.05, 0) is 73.4 Å². The van der Waals surface area contributed by atoms with Crippen LogP contribution in [-0.2, 0) is 16.1 Å². The summed E-state index contributed by atoms with van der Waals surface area (Å²) >= 11 is 0. The molecule has 4 aliphatic rings. The Morgan fingerprint density at radius 1 is 0.976 bits per heavy atom. The van der Waals surface area contributed by atoms with E-state index in [1.165, 1.54) is 24.5 Å². The Hall–Kier alpha value is -3.08. The fourth-order valence-corrected chi connectivity index (χ4v) is 6.91. The molecular formula is C32H39F2N3O5. The lowest BCUT2D eigenvalue weighted by Crippen LogP contribution is -2.50. The van der Waals surface area contributed by atoms with Crippen LogP contribution in [0.1, 0.15) is 78.8 Å². The van der Waals surface area contributed by atoms with Crippen molar-refractivity contribution in [3.05, 3.63) is 64.7 Å². The summed E-state index contributed by atoms with van der Waals surface area (Å²) in [4.78, 5) is 28.9. The van der Waals surface area contributed by atoms with Crippen molar-refractivity contribution in [3.8, 4) is 5.75 Å². The summed E-state index contributed by atoms with van der Waals surface area (Å²) in [6, 6.07) is 8.59.